The van der Waals surface area contributed by atoms with E-state index in [0.29, 0.717) is 37.4 Å². The van der Waals surface area contributed by atoms with E-state index in [2.05, 4.69) is 0 Å². The second kappa shape index (κ2) is 7.73. The summed E-state index contributed by atoms with van der Waals surface area (Å²) in [5.41, 5.74) is 6.44. The Morgan fingerprint density at radius 3 is 2.27 bits per heavy atom. The zero-order chi connectivity index (χ0) is 18.5. The van der Waals surface area contributed by atoms with E-state index in [1.54, 1.807) is 46.2 Å². The number of ether oxygens (including phenoxy) is 1. The molecule has 0 saturated carbocycles. The highest BCUT2D eigenvalue weighted by Gasteiger charge is 2.26. The van der Waals surface area contributed by atoms with Crippen LogP contribution >= 0.6 is 0 Å². The highest BCUT2D eigenvalue weighted by molar-refractivity contribution is 5.92. The van der Waals surface area contributed by atoms with Crippen LogP contribution in [0.3, 0.4) is 0 Å². The van der Waals surface area contributed by atoms with E-state index in [0.717, 1.165) is 0 Å². The quantitative estimate of drug-likeness (QED) is 0.646. The molecule has 0 atom stereocenters. The molecule has 1 fully saturated rings. The number of piperazine rings is 1. The highest BCUT2D eigenvalue weighted by atomic mass is 16.5. The van der Waals surface area contributed by atoms with Crippen molar-refractivity contribution in [2.24, 2.45) is 0 Å². The number of esters is 1. The summed E-state index contributed by atoms with van der Waals surface area (Å²) in [5.74, 6) is -0.789. The molecule has 2 heterocycles. The van der Waals surface area contributed by atoms with Gasteiger partial charge in [0.15, 0.2) is 12.4 Å². The Morgan fingerprint density at radius 2 is 1.65 bits per heavy atom. The molecule has 26 heavy (non-hydrogen) atoms. The number of furan rings is 1. The van der Waals surface area contributed by atoms with Crippen molar-refractivity contribution in [1.82, 2.24) is 9.80 Å². The summed E-state index contributed by atoms with van der Waals surface area (Å²) in [6, 6.07) is 9.53. The van der Waals surface area contributed by atoms with Gasteiger partial charge in [-0.05, 0) is 36.4 Å². The van der Waals surface area contributed by atoms with Gasteiger partial charge >= 0.3 is 5.97 Å². The first kappa shape index (κ1) is 17.5. The Labute approximate surface area is 150 Å². The molecule has 1 aliphatic heterocycles. The van der Waals surface area contributed by atoms with Crippen LogP contribution in [0.2, 0.25) is 0 Å². The van der Waals surface area contributed by atoms with E-state index in [1.165, 1.54) is 6.26 Å². The molecule has 2 amide bonds. The Kier molecular flexibility index (Phi) is 5.21. The fourth-order valence-corrected chi connectivity index (χ4v) is 2.64. The molecule has 8 nitrogen and oxygen atoms in total. The summed E-state index contributed by atoms with van der Waals surface area (Å²) < 4.78 is 10.1. The van der Waals surface area contributed by atoms with Gasteiger partial charge in [0.2, 0.25) is 0 Å². The molecular weight excluding hydrogens is 338 g/mol. The van der Waals surface area contributed by atoms with Crippen LogP contribution in [0.1, 0.15) is 20.9 Å². The average molecular weight is 357 g/mol. The number of carbonyl (C=O) groups is 3. The number of hydrogen-bond donors (Lipinski definition) is 1. The van der Waals surface area contributed by atoms with Gasteiger partial charge in [0, 0.05) is 31.9 Å². The summed E-state index contributed by atoms with van der Waals surface area (Å²) in [5, 5.41) is 0. The van der Waals surface area contributed by atoms with Crippen LogP contribution < -0.4 is 5.73 Å². The third-order valence-electron chi connectivity index (χ3n) is 4.12. The van der Waals surface area contributed by atoms with Gasteiger partial charge < -0.3 is 24.7 Å². The minimum atomic E-state index is -0.579. The molecule has 136 valence electrons. The molecule has 0 bridgehead atoms. The van der Waals surface area contributed by atoms with E-state index in [9.17, 15) is 14.4 Å². The predicted octanol–water partition coefficient (Wildman–Crippen LogP) is 1.00. The fraction of sp³-hybridized carbons (Fsp3) is 0.278. The summed E-state index contributed by atoms with van der Waals surface area (Å²) in [4.78, 5) is 39.5. The molecule has 1 aliphatic rings. The minimum absolute atomic E-state index is 0.197. The summed E-state index contributed by atoms with van der Waals surface area (Å²) in [6.45, 7) is 1.22. The predicted molar refractivity (Wildman–Crippen MR) is 92.3 cm³/mol. The first-order chi connectivity index (χ1) is 12.5. The van der Waals surface area contributed by atoms with Crippen LogP contribution in [0.25, 0.3) is 0 Å². The van der Waals surface area contributed by atoms with E-state index in [4.69, 9.17) is 14.9 Å². The number of benzene rings is 1. The van der Waals surface area contributed by atoms with Crippen molar-refractivity contribution in [3.05, 3.63) is 54.0 Å². The van der Waals surface area contributed by atoms with Gasteiger partial charge in [0.1, 0.15) is 0 Å². The Balaban J connectivity index is 1.45. The molecule has 2 N–H and O–H groups in total. The number of anilines is 1. The molecule has 0 radical (unpaired) electrons. The molecule has 8 heteroatoms. The molecule has 0 unspecified atom stereocenters. The maximum Gasteiger partial charge on any atom is 0.338 e. The third-order valence-corrected chi connectivity index (χ3v) is 4.12. The van der Waals surface area contributed by atoms with Gasteiger partial charge in [0.25, 0.3) is 11.8 Å². The van der Waals surface area contributed by atoms with Crippen LogP contribution in [-0.2, 0) is 9.53 Å². The van der Waals surface area contributed by atoms with Crippen LogP contribution in [-0.4, -0.2) is 60.4 Å². The molecule has 3 rings (SSSR count). The lowest BCUT2D eigenvalue weighted by Crippen LogP contribution is -2.51. The third kappa shape index (κ3) is 4.02. The van der Waals surface area contributed by atoms with E-state index in [-0.39, 0.29) is 24.2 Å². The zero-order valence-electron chi connectivity index (χ0n) is 14.1. The molecule has 0 spiro atoms. The fourth-order valence-electron chi connectivity index (χ4n) is 2.64. The lowest BCUT2D eigenvalue weighted by molar-refractivity contribution is -0.136. The molecule has 0 aliphatic carbocycles. The molecule has 1 aromatic heterocycles. The van der Waals surface area contributed by atoms with Gasteiger partial charge in [-0.2, -0.15) is 0 Å². The lowest BCUT2D eigenvalue weighted by atomic mass is 10.2. The largest absolute Gasteiger partial charge is 0.459 e. The van der Waals surface area contributed by atoms with Gasteiger partial charge in [0.05, 0.1) is 11.8 Å². The highest BCUT2D eigenvalue weighted by Crippen LogP contribution is 2.10. The number of rotatable bonds is 4. The van der Waals surface area contributed by atoms with Crippen LogP contribution in [0.15, 0.2) is 47.1 Å². The first-order valence-corrected chi connectivity index (χ1v) is 8.18. The summed E-state index contributed by atoms with van der Waals surface area (Å²) in [7, 11) is 0. The van der Waals surface area contributed by atoms with Crippen molar-refractivity contribution in [3.63, 3.8) is 0 Å². The van der Waals surface area contributed by atoms with Crippen LogP contribution in [0.5, 0.6) is 0 Å². The van der Waals surface area contributed by atoms with Crippen molar-refractivity contribution in [3.8, 4) is 0 Å². The number of nitrogen functional groups attached to an aromatic ring is 1. The average Bonchev–Trinajstić information content (AvgIpc) is 3.20. The maximum atomic E-state index is 12.2. The number of hydrogen-bond acceptors (Lipinski definition) is 6. The molecule has 1 saturated heterocycles. The topological polar surface area (TPSA) is 106 Å². The first-order valence-electron chi connectivity index (χ1n) is 8.18. The summed E-state index contributed by atoms with van der Waals surface area (Å²) >= 11 is 0. The van der Waals surface area contributed by atoms with Crippen molar-refractivity contribution >= 4 is 23.5 Å². The second-order valence-electron chi connectivity index (χ2n) is 5.85. The van der Waals surface area contributed by atoms with Crippen molar-refractivity contribution in [2.45, 2.75) is 0 Å². The van der Waals surface area contributed by atoms with Gasteiger partial charge in [-0.3, -0.25) is 9.59 Å². The lowest BCUT2D eigenvalue weighted by Gasteiger charge is -2.34. The number of carbonyl (C=O) groups excluding carboxylic acids is 3. The summed E-state index contributed by atoms with van der Waals surface area (Å²) in [6.07, 6.45) is 1.45. The van der Waals surface area contributed by atoms with Crippen molar-refractivity contribution in [2.75, 3.05) is 38.5 Å². The second-order valence-corrected chi connectivity index (χ2v) is 5.85. The number of nitrogens with zero attached hydrogens (tertiary/aromatic N) is 2. The van der Waals surface area contributed by atoms with Crippen LogP contribution in [0, 0.1) is 0 Å². The monoisotopic (exact) mass is 357 g/mol. The smallest absolute Gasteiger partial charge is 0.338 e. The van der Waals surface area contributed by atoms with Gasteiger partial charge in [-0.25, -0.2) is 4.79 Å². The van der Waals surface area contributed by atoms with Crippen molar-refractivity contribution < 1.29 is 23.5 Å². The normalized spacial score (nSPS) is 14.2. The molecule has 1 aromatic carbocycles. The Bertz CT molecular complexity index is 778. The van der Waals surface area contributed by atoms with Crippen molar-refractivity contribution in [1.29, 1.82) is 0 Å². The standard InChI is InChI=1S/C18H19N3O5/c19-14-5-3-13(4-6-14)18(24)26-12-16(22)20-7-9-21(10-8-20)17(23)15-2-1-11-25-15/h1-6,11H,7-10,12,19H2. The number of amides is 2. The number of nitrogens with two attached hydrogens (primary N) is 1. The van der Waals surface area contributed by atoms with Crippen LogP contribution in [0.4, 0.5) is 5.69 Å². The molecular formula is C18H19N3O5. The van der Waals surface area contributed by atoms with Gasteiger partial charge in [-0.1, -0.05) is 0 Å². The molecule has 2 aromatic rings. The van der Waals surface area contributed by atoms with E-state index < -0.39 is 5.97 Å². The van der Waals surface area contributed by atoms with E-state index >= 15 is 0 Å². The Hall–Kier alpha value is -3.29. The zero-order valence-corrected chi connectivity index (χ0v) is 14.1. The maximum absolute atomic E-state index is 12.2. The SMILES string of the molecule is Nc1ccc(C(=O)OCC(=O)N2CCN(C(=O)c3ccco3)CC2)cc1. The Morgan fingerprint density at radius 1 is 1.00 bits per heavy atom. The van der Waals surface area contributed by atoms with E-state index in [1.807, 2.05) is 0 Å². The van der Waals surface area contributed by atoms with Gasteiger partial charge in [-0.15, -0.1) is 0 Å². The minimum Gasteiger partial charge on any atom is -0.459 e.